The molecule has 0 amide bonds. The van der Waals surface area contributed by atoms with Crippen molar-refractivity contribution in [2.45, 2.75) is 26.2 Å². The van der Waals surface area contributed by atoms with Crippen LogP contribution in [0.4, 0.5) is 0 Å². The highest BCUT2D eigenvalue weighted by Gasteiger charge is 2.20. The van der Waals surface area contributed by atoms with Gasteiger partial charge in [0.05, 0.1) is 15.9 Å². The van der Waals surface area contributed by atoms with Crippen LogP contribution >= 0.6 is 11.3 Å². The van der Waals surface area contributed by atoms with E-state index in [4.69, 9.17) is 4.98 Å². The minimum atomic E-state index is 0.0630. The molecular formula is C22H19N3S. The van der Waals surface area contributed by atoms with E-state index in [1.54, 1.807) is 11.3 Å². The van der Waals surface area contributed by atoms with Gasteiger partial charge < -0.3 is 0 Å². The zero-order valence-corrected chi connectivity index (χ0v) is 15.8. The van der Waals surface area contributed by atoms with E-state index in [1.807, 2.05) is 18.6 Å². The Hall–Kier alpha value is -2.72. The Morgan fingerprint density at radius 2 is 1.81 bits per heavy atom. The van der Waals surface area contributed by atoms with Crippen LogP contribution in [-0.4, -0.2) is 14.4 Å². The molecule has 128 valence electrons. The van der Waals surface area contributed by atoms with Gasteiger partial charge in [-0.05, 0) is 39.9 Å². The third-order valence-corrected chi connectivity index (χ3v) is 5.98. The molecule has 3 nitrogen and oxygen atoms in total. The quantitative estimate of drug-likeness (QED) is 0.365. The Balaban J connectivity index is 1.86. The summed E-state index contributed by atoms with van der Waals surface area (Å²) in [5.41, 5.74) is 4.79. The molecule has 0 radical (unpaired) electrons. The van der Waals surface area contributed by atoms with Crippen LogP contribution in [0.15, 0.2) is 61.1 Å². The molecule has 3 heterocycles. The fraction of sp³-hybridized carbons (Fsp3) is 0.182. The smallest absolute Gasteiger partial charge is 0.194 e. The van der Waals surface area contributed by atoms with Crippen molar-refractivity contribution in [1.82, 2.24) is 14.4 Å². The Morgan fingerprint density at radius 1 is 0.962 bits per heavy atom. The van der Waals surface area contributed by atoms with Crippen molar-refractivity contribution in [3.05, 3.63) is 66.6 Å². The van der Waals surface area contributed by atoms with Gasteiger partial charge in [0.2, 0.25) is 0 Å². The summed E-state index contributed by atoms with van der Waals surface area (Å²) in [6, 6.07) is 15.3. The predicted octanol–water partition coefficient (Wildman–Crippen LogP) is 6.06. The first-order chi connectivity index (χ1) is 12.5. The number of fused-ring (bicyclic) bond motifs is 4. The van der Waals surface area contributed by atoms with E-state index < -0.39 is 0 Å². The van der Waals surface area contributed by atoms with Gasteiger partial charge >= 0.3 is 0 Å². The zero-order chi connectivity index (χ0) is 17.9. The number of hydrogen-bond acceptors (Lipinski definition) is 3. The van der Waals surface area contributed by atoms with Gasteiger partial charge in [-0.3, -0.25) is 9.38 Å². The maximum absolute atomic E-state index is 4.75. The molecule has 26 heavy (non-hydrogen) atoms. The molecule has 5 aromatic rings. The lowest BCUT2D eigenvalue weighted by atomic mass is 9.82. The number of imidazole rings is 1. The first kappa shape index (κ1) is 15.5. The van der Waals surface area contributed by atoms with Crippen LogP contribution in [-0.2, 0) is 5.41 Å². The summed E-state index contributed by atoms with van der Waals surface area (Å²) < 4.78 is 3.32. The highest BCUT2D eigenvalue weighted by atomic mass is 32.1. The van der Waals surface area contributed by atoms with E-state index >= 15 is 0 Å². The van der Waals surface area contributed by atoms with E-state index in [-0.39, 0.29) is 5.41 Å². The fourth-order valence-electron chi connectivity index (χ4n) is 3.64. The second-order valence-electron chi connectivity index (χ2n) is 7.68. The summed E-state index contributed by atoms with van der Waals surface area (Å²) in [6.45, 7) is 6.81. The predicted molar refractivity (Wildman–Crippen MR) is 110 cm³/mol. The molecule has 2 aromatic carbocycles. The minimum Gasteiger partial charge on any atom is -0.290 e. The molecule has 0 atom stereocenters. The molecule has 4 heteroatoms. The molecule has 0 N–H and O–H groups in total. The lowest BCUT2D eigenvalue weighted by molar-refractivity contribution is 0.596. The molecule has 3 aromatic heterocycles. The van der Waals surface area contributed by atoms with E-state index in [1.165, 1.54) is 26.6 Å². The van der Waals surface area contributed by atoms with Gasteiger partial charge in [0.1, 0.15) is 0 Å². The zero-order valence-electron chi connectivity index (χ0n) is 15.0. The molecule has 0 aliphatic heterocycles. The molecule has 0 unspecified atom stereocenters. The average Bonchev–Trinajstić information content (AvgIpc) is 3.21. The maximum atomic E-state index is 4.75. The van der Waals surface area contributed by atoms with Gasteiger partial charge in [0, 0.05) is 24.2 Å². The van der Waals surface area contributed by atoms with E-state index in [2.05, 4.69) is 72.6 Å². The third kappa shape index (κ3) is 2.26. The first-order valence-corrected chi connectivity index (χ1v) is 9.58. The van der Waals surface area contributed by atoms with Crippen LogP contribution < -0.4 is 0 Å². The fourth-order valence-corrected chi connectivity index (χ4v) is 4.73. The standard InChI is InChI=1S/C22H19N3S/c1-22(2,3)17-13-15(12-14-6-4-5-7-16(14)17)19-20-18(8-9-23-19)25-11-10-24-21(25)26-20/h4-13H,1-3H3. The molecule has 0 saturated heterocycles. The molecule has 0 spiro atoms. The molecule has 0 aliphatic carbocycles. The summed E-state index contributed by atoms with van der Waals surface area (Å²) in [5, 5.41) is 2.58. The van der Waals surface area contributed by atoms with Crippen molar-refractivity contribution >= 4 is 37.3 Å². The third-order valence-electron chi connectivity index (χ3n) is 4.89. The van der Waals surface area contributed by atoms with Crippen molar-refractivity contribution in [3.63, 3.8) is 0 Å². The van der Waals surface area contributed by atoms with Gasteiger partial charge in [0.25, 0.3) is 0 Å². The molecule has 5 rings (SSSR count). The Morgan fingerprint density at radius 3 is 2.65 bits per heavy atom. The summed E-state index contributed by atoms with van der Waals surface area (Å²) >= 11 is 1.70. The normalized spacial score (nSPS) is 12.4. The summed E-state index contributed by atoms with van der Waals surface area (Å²) in [6.07, 6.45) is 5.76. The van der Waals surface area contributed by atoms with Crippen LogP contribution in [0.1, 0.15) is 26.3 Å². The van der Waals surface area contributed by atoms with Crippen LogP contribution in [0, 0.1) is 0 Å². The number of hydrogen-bond donors (Lipinski definition) is 0. The Bertz CT molecular complexity index is 1270. The van der Waals surface area contributed by atoms with Crippen molar-refractivity contribution in [2.24, 2.45) is 0 Å². The van der Waals surface area contributed by atoms with E-state index in [0.29, 0.717) is 0 Å². The Kier molecular flexibility index (Phi) is 3.22. The van der Waals surface area contributed by atoms with Crippen LogP contribution in [0.25, 0.3) is 37.2 Å². The van der Waals surface area contributed by atoms with Crippen molar-refractivity contribution < 1.29 is 0 Å². The second-order valence-corrected chi connectivity index (χ2v) is 8.66. The average molecular weight is 357 g/mol. The molecule has 0 bridgehead atoms. The Labute approximate surface area is 156 Å². The van der Waals surface area contributed by atoms with Gasteiger partial charge in [-0.15, -0.1) is 0 Å². The molecule has 0 saturated carbocycles. The van der Waals surface area contributed by atoms with E-state index in [0.717, 1.165) is 16.2 Å². The van der Waals surface area contributed by atoms with Crippen molar-refractivity contribution in [3.8, 4) is 11.3 Å². The molecule has 0 aliphatic rings. The molecular weight excluding hydrogens is 338 g/mol. The number of thiazole rings is 1. The van der Waals surface area contributed by atoms with Gasteiger partial charge in [-0.25, -0.2) is 4.98 Å². The van der Waals surface area contributed by atoms with Crippen molar-refractivity contribution in [2.75, 3.05) is 0 Å². The van der Waals surface area contributed by atoms with E-state index in [9.17, 15) is 0 Å². The second kappa shape index (κ2) is 5.39. The lowest BCUT2D eigenvalue weighted by Crippen LogP contribution is -2.12. The highest BCUT2D eigenvalue weighted by Crippen LogP contribution is 2.38. The SMILES string of the molecule is CC(C)(C)c1cc(-c2nccc3c2sc2nccn23)cc2ccccc12. The molecule has 0 fully saturated rings. The van der Waals surface area contributed by atoms with Crippen LogP contribution in [0.3, 0.4) is 0 Å². The summed E-state index contributed by atoms with van der Waals surface area (Å²) in [4.78, 5) is 10.2. The van der Waals surface area contributed by atoms with Crippen LogP contribution in [0.5, 0.6) is 0 Å². The largest absolute Gasteiger partial charge is 0.290 e. The number of aromatic nitrogens is 3. The van der Waals surface area contributed by atoms with Gasteiger partial charge in [-0.2, -0.15) is 0 Å². The van der Waals surface area contributed by atoms with Gasteiger partial charge in [-0.1, -0.05) is 56.4 Å². The lowest BCUT2D eigenvalue weighted by Gasteiger charge is -2.22. The summed E-state index contributed by atoms with van der Waals surface area (Å²) in [5.74, 6) is 0. The monoisotopic (exact) mass is 357 g/mol. The summed E-state index contributed by atoms with van der Waals surface area (Å²) in [7, 11) is 0. The highest BCUT2D eigenvalue weighted by molar-refractivity contribution is 7.24. The number of rotatable bonds is 1. The number of nitrogens with zero attached hydrogens (tertiary/aromatic N) is 3. The first-order valence-electron chi connectivity index (χ1n) is 8.76. The minimum absolute atomic E-state index is 0.0630. The van der Waals surface area contributed by atoms with Crippen molar-refractivity contribution in [1.29, 1.82) is 0 Å². The maximum Gasteiger partial charge on any atom is 0.194 e. The van der Waals surface area contributed by atoms with Crippen LogP contribution in [0.2, 0.25) is 0 Å². The van der Waals surface area contributed by atoms with Gasteiger partial charge in [0.15, 0.2) is 4.96 Å². The number of pyridine rings is 1. The number of benzene rings is 2. The topological polar surface area (TPSA) is 30.2 Å².